The monoisotopic (exact) mass is 370 g/mol. The molecule has 0 aliphatic carbocycles. The number of Topliss-reactive ketones (excluding diaryl/α,β-unsaturated/α-hetero) is 1. The SMILES string of the molecule is Cc1cc(C#N)ccc1C(Oc1ccc2c(c1)OCCC2=O)c1ccncc1. The fourth-order valence-electron chi connectivity index (χ4n) is 3.34. The lowest BCUT2D eigenvalue weighted by atomic mass is 9.96. The summed E-state index contributed by atoms with van der Waals surface area (Å²) in [5, 5.41) is 9.15. The number of ether oxygens (including phenoxy) is 2. The lowest BCUT2D eigenvalue weighted by molar-refractivity contribution is 0.0933. The molecule has 1 atom stereocenters. The number of aromatic nitrogens is 1. The Morgan fingerprint density at radius 1 is 1.14 bits per heavy atom. The molecule has 1 aliphatic heterocycles. The van der Waals surface area contributed by atoms with Crippen molar-refractivity contribution in [3.8, 4) is 17.6 Å². The summed E-state index contributed by atoms with van der Waals surface area (Å²) in [6, 6.07) is 16.8. The summed E-state index contributed by atoms with van der Waals surface area (Å²) in [5.41, 5.74) is 4.06. The van der Waals surface area contributed by atoms with Crippen LogP contribution in [0, 0.1) is 18.3 Å². The fourth-order valence-corrected chi connectivity index (χ4v) is 3.34. The molecule has 0 radical (unpaired) electrons. The van der Waals surface area contributed by atoms with Crippen molar-refractivity contribution in [2.24, 2.45) is 0 Å². The van der Waals surface area contributed by atoms with Crippen molar-refractivity contribution in [3.05, 3.63) is 88.7 Å². The second kappa shape index (κ2) is 7.53. The summed E-state index contributed by atoms with van der Waals surface area (Å²) in [7, 11) is 0. The molecule has 1 aromatic heterocycles. The van der Waals surface area contributed by atoms with E-state index in [2.05, 4.69) is 11.1 Å². The van der Waals surface area contributed by atoms with Gasteiger partial charge in [-0.15, -0.1) is 0 Å². The molecule has 5 heteroatoms. The Kier molecular flexibility index (Phi) is 4.77. The summed E-state index contributed by atoms with van der Waals surface area (Å²) in [5.74, 6) is 1.25. The van der Waals surface area contributed by atoms with E-state index in [1.807, 2.05) is 31.2 Å². The van der Waals surface area contributed by atoms with Crippen molar-refractivity contribution in [1.29, 1.82) is 5.26 Å². The lowest BCUT2D eigenvalue weighted by Crippen LogP contribution is -2.16. The van der Waals surface area contributed by atoms with Crippen molar-refractivity contribution in [2.75, 3.05) is 6.61 Å². The van der Waals surface area contributed by atoms with Crippen molar-refractivity contribution in [1.82, 2.24) is 4.98 Å². The highest BCUT2D eigenvalue weighted by Crippen LogP contribution is 2.34. The number of hydrogen-bond acceptors (Lipinski definition) is 5. The third-order valence-corrected chi connectivity index (χ3v) is 4.78. The van der Waals surface area contributed by atoms with Gasteiger partial charge in [0.2, 0.25) is 0 Å². The van der Waals surface area contributed by atoms with E-state index in [0.29, 0.717) is 35.7 Å². The van der Waals surface area contributed by atoms with E-state index < -0.39 is 0 Å². The number of hydrogen-bond donors (Lipinski definition) is 0. The van der Waals surface area contributed by atoms with Gasteiger partial charge in [-0.25, -0.2) is 0 Å². The Labute approximate surface area is 163 Å². The number of fused-ring (bicyclic) bond motifs is 1. The molecule has 2 heterocycles. The zero-order chi connectivity index (χ0) is 19.5. The average molecular weight is 370 g/mol. The van der Waals surface area contributed by atoms with Crippen LogP contribution in [0.25, 0.3) is 0 Å². The van der Waals surface area contributed by atoms with Gasteiger partial charge in [-0.3, -0.25) is 9.78 Å². The van der Waals surface area contributed by atoms with Gasteiger partial charge in [-0.05, 0) is 60.0 Å². The number of rotatable bonds is 4. The Bertz CT molecular complexity index is 1070. The quantitative estimate of drug-likeness (QED) is 0.681. The molecule has 0 N–H and O–H groups in total. The average Bonchev–Trinajstić information content (AvgIpc) is 2.73. The second-order valence-corrected chi connectivity index (χ2v) is 6.64. The molecule has 0 saturated heterocycles. The Morgan fingerprint density at radius 2 is 1.96 bits per heavy atom. The van der Waals surface area contributed by atoms with Gasteiger partial charge in [0.25, 0.3) is 0 Å². The minimum absolute atomic E-state index is 0.0846. The minimum Gasteiger partial charge on any atom is -0.492 e. The molecule has 28 heavy (non-hydrogen) atoms. The van der Waals surface area contributed by atoms with Crippen LogP contribution in [0.2, 0.25) is 0 Å². The first-order valence-electron chi connectivity index (χ1n) is 9.03. The lowest BCUT2D eigenvalue weighted by Gasteiger charge is -2.23. The van der Waals surface area contributed by atoms with Crippen LogP contribution in [-0.2, 0) is 0 Å². The van der Waals surface area contributed by atoms with E-state index >= 15 is 0 Å². The molecule has 4 rings (SSSR count). The maximum atomic E-state index is 12.0. The number of benzene rings is 2. The van der Waals surface area contributed by atoms with Gasteiger partial charge >= 0.3 is 0 Å². The summed E-state index contributed by atoms with van der Waals surface area (Å²) in [4.78, 5) is 16.1. The van der Waals surface area contributed by atoms with Crippen molar-refractivity contribution >= 4 is 5.78 Å². The molecule has 0 bridgehead atoms. The summed E-state index contributed by atoms with van der Waals surface area (Å²) in [6.07, 6.45) is 3.46. The van der Waals surface area contributed by atoms with Gasteiger partial charge in [-0.2, -0.15) is 5.26 Å². The molecule has 2 aromatic carbocycles. The number of pyridine rings is 1. The number of aryl methyl sites for hydroxylation is 1. The first kappa shape index (κ1) is 17.7. The maximum Gasteiger partial charge on any atom is 0.169 e. The molecule has 1 unspecified atom stereocenters. The van der Waals surface area contributed by atoms with Crippen LogP contribution in [0.1, 0.15) is 45.1 Å². The van der Waals surface area contributed by atoms with E-state index in [4.69, 9.17) is 14.7 Å². The van der Waals surface area contributed by atoms with Crippen LogP contribution < -0.4 is 9.47 Å². The standard InChI is InChI=1S/C23H18N2O3/c1-15-12-16(14-24)2-4-19(15)23(17-6-9-25-10-7-17)28-18-3-5-20-21(26)8-11-27-22(20)13-18/h2-7,9-10,12-13,23H,8,11H2,1H3. The fraction of sp³-hybridized carbons (Fsp3) is 0.174. The van der Waals surface area contributed by atoms with E-state index in [-0.39, 0.29) is 11.9 Å². The predicted molar refractivity (Wildman–Crippen MR) is 103 cm³/mol. The third kappa shape index (κ3) is 3.45. The van der Waals surface area contributed by atoms with Crippen molar-refractivity contribution in [3.63, 3.8) is 0 Å². The molecular weight excluding hydrogens is 352 g/mol. The van der Waals surface area contributed by atoms with E-state index in [1.165, 1.54) is 0 Å². The smallest absolute Gasteiger partial charge is 0.169 e. The Hall–Kier alpha value is -3.65. The van der Waals surface area contributed by atoms with Crippen molar-refractivity contribution in [2.45, 2.75) is 19.4 Å². The Morgan fingerprint density at radius 3 is 2.71 bits per heavy atom. The number of carbonyl (C=O) groups excluding carboxylic acids is 1. The van der Waals surface area contributed by atoms with E-state index in [1.54, 1.807) is 36.7 Å². The third-order valence-electron chi connectivity index (χ3n) is 4.78. The normalized spacial score (nSPS) is 13.8. The van der Waals surface area contributed by atoms with Gasteiger partial charge in [0.1, 0.15) is 17.6 Å². The summed E-state index contributed by atoms with van der Waals surface area (Å²) >= 11 is 0. The van der Waals surface area contributed by atoms with Crippen LogP contribution >= 0.6 is 0 Å². The summed E-state index contributed by atoms with van der Waals surface area (Å²) in [6.45, 7) is 2.35. The highest BCUT2D eigenvalue weighted by atomic mass is 16.5. The van der Waals surface area contributed by atoms with Crippen LogP contribution in [0.15, 0.2) is 60.9 Å². The maximum absolute atomic E-state index is 12.0. The Balaban J connectivity index is 1.73. The summed E-state index contributed by atoms with van der Waals surface area (Å²) < 4.78 is 12.0. The zero-order valence-electron chi connectivity index (χ0n) is 15.4. The zero-order valence-corrected chi connectivity index (χ0v) is 15.4. The van der Waals surface area contributed by atoms with Crippen LogP contribution in [0.3, 0.4) is 0 Å². The largest absolute Gasteiger partial charge is 0.492 e. The number of carbonyl (C=O) groups is 1. The number of ketones is 1. The van der Waals surface area contributed by atoms with Gasteiger partial charge in [0.15, 0.2) is 5.78 Å². The molecule has 0 saturated carbocycles. The first-order valence-corrected chi connectivity index (χ1v) is 9.03. The van der Waals surface area contributed by atoms with Gasteiger partial charge in [-0.1, -0.05) is 6.07 Å². The van der Waals surface area contributed by atoms with Gasteiger partial charge in [0.05, 0.1) is 23.8 Å². The molecule has 0 fully saturated rings. The van der Waals surface area contributed by atoms with Crippen LogP contribution in [-0.4, -0.2) is 17.4 Å². The highest BCUT2D eigenvalue weighted by molar-refractivity contribution is 5.99. The topological polar surface area (TPSA) is 72.2 Å². The minimum atomic E-state index is -0.381. The first-order chi connectivity index (χ1) is 13.7. The number of nitrogens with zero attached hydrogens (tertiary/aromatic N) is 2. The second-order valence-electron chi connectivity index (χ2n) is 6.64. The van der Waals surface area contributed by atoms with Crippen LogP contribution in [0.4, 0.5) is 0 Å². The number of nitriles is 1. The van der Waals surface area contributed by atoms with Gasteiger partial charge < -0.3 is 9.47 Å². The predicted octanol–water partition coefficient (Wildman–Crippen LogP) is 4.40. The molecule has 138 valence electrons. The highest BCUT2D eigenvalue weighted by Gasteiger charge is 2.22. The van der Waals surface area contributed by atoms with E-state index in [0.717, 1.165) is 16.7 Å². The molecule has 5 nitrogen and oxygen atoms in total. The molecule has 0 spiro atoms. The van der Waals surface area contributed by atoms with Crippen LogP contribution in [0.5, 0.6) is 11.5 Å². The molecular formula is C23H18N2O3. The van der Waals surface area contributed by atoms with E-state index in [9.17, 15) is 4.79 Å². The van der Waals surface area contributed by atoms with Gasteiger partial charge in [0, 0.05) is 24.9 Å². The van der Waals surface area contributed by atoms with Crippen molar-refractivity contribution < 1.29 is 14.3 Å². The molecule has 3 aromatic rings. The molecule has 0 amide bonds. The molecule has 1 aliphatic rings.